The van der Waals surface area contributed by atoms with Gasteiger partial charge >= 0.3 is 5.69 Å². The Hall–Kier alpha value is -4.17. The molecule has 1 saturated carbocycles. The Balaban J connectivity index is 1.48. The molecule has 5 rings (SSSR count). The molecule has 0 spiro atoms. The Kier molecular flexibility index (Phi) is 6.67. The minimum absolute atomic E-state index is 0.0542. The number of nitrogens with one attached hydrogen (secondary N) is 2. The van der Waals surface area contributed by atoms with E-state index in [0.29, 0.717) is 32.9 Å². The number of amides is 2. The van der Waals surface area contributed by atoms with Crippen molar-refractivity contribution in [3.05, 3.63) is 104 Å². The van der Waals surface area contributed by atoms with E-state index in [-0.39, 0.29) is 24.9 Å². The van der Waals surface area contributed by atoms with E-state index in [9.17, 15) is 19.2 Å². The molecule has 0 saturated heterocycles. The summed E-state index contributed by atoms with van der Waals surface area (Å²) in [5, 5.41) is 6.57. The molecule has 0 aliphatic heterocycles. The minimum Gasteiger partial charge on any atom is -0.353 e. The predicted molar refractivity (Wildman–Crippen MR) is 143 cm³/mol. The van der Waals surface area contributed by atoms with E-state index in [0.717, 1.165) is 23.0 Å². The second-order valence-corrected chi connectivity index (χ2v) is 9.58. The molecule has 1 fully saturated rings. The topological polar surface area (TPSA) is 102 Å². The van der Waals surface area contributed by atoms with Crippen LogP contribution in [0.3, 0.4) is 0 Å². The molecule has 1 aliphatic carbocycles. The number of carbonyl (C=O) groups excluding carboxylic acids is 2. The maximum absolute atomic E-state index is 13.6. The van der Waals surface area contributed by atoms with E-state index in [4.69, 9.17) is 11.6 Å². The van der Waals surface area contributed by atoms with Gasteiger partial charge in [-0.25, -0.2) is 9.36 Å². The maximum Gasteiger partial charge on any atom is 0.336 e. The van der Waals surface area contributed by atoms with Crippen molar-refractivity contribution in [1.29, 1.82) is 0 Å². The van der Waals surface area contributed by atoms with Gasteiger partial charge in [-0.1, -0.05) is 41.9 Å². The molecule has 8 nitrogen and oxygen atoms in total. The zero-order chi connectivity index (χ0) is 26.1. The zero-order valence-corrected chi connectivity index (χ0v) is 20.9. The fraction of sp³-hybridized carbons (Fsp3) is 0.214. The van der Waals surface area contributed by atoms with Gasteiger partial charge in [-0.05, 0) is 67.3 Å². The van der Waals surface area contributed by atoms with Crippen molar-refractivity contribution in [3.8, 4) is 5.69 Å². The summed E-state index contributed by atoms with van der Waals surface area (Å²) in [6, 6.07) is 18.9. The summed E-state index contributed by atoms with van der Waals surface area (Å²) in [7, 11) is 0. The van der Waals surface area contributed by atoms with Crippen molar-refractivity contribution in [3.63, 3.8) is 0 Å². The van der Waals surface area contributed by atoms with Gasteiger partial charge in [0.15, 0.2) is 0 Å². The third-order valence-electron chi connectivity index (χ3n) is 6.40. The molecule has 3 aromatic carbocycles. The van der Waals surface area contributed by atoms with Crippen LogP contribution >= 0.6 is 11.6 Å². The lowest BCUT2D eigenvalue weighted by Crippen LogP contribution is -2.40. The molecule has 2 amide bonds. The van der Waals surface area contributed by atoms with Crippen molar-refractivity contribution in [2.24, 2.45) is 0 Å². The van der Waals surface area contributed by atoms with Crippen molar-refractivity contribution in [1.82, 2.24) is 14.5 Å². The highest BCUT2D eigenvalue weighted by atomic mass is 35.5. The van der Waals surface area contributed by atoms with Crippen LogP contribution in [0.4, 0.5) is 5.69 Å². The van der Waals surface area contributed by atoms with Crippen LogP contribution in [0.5, 0.6) is 0 Å². The summed E-state index contributed by atoms with van der Waals surface area (Å²) in [5.41, 5.74) is 1.62. The molecule has 2 N–H and O–H groups in total. The van der Waals surface area contributed by atoms with Gasteiger partial charge in [0.2, 0.25) is 11.8 Å². The first-order valence-corrected chi connectivity index (χ1v) is 12.4. The van der Waals surface area contributed by atoms with Crippen LogP contribution in [0.15, 0.2) is 76.3 Å². The second kappa shape index (κ2) is 10.1. The van der Waals surface area contributed by atoms with Crippen LogP contribution in [-0.2, 0) is 22.6 Å². The maximum atomic E-state index is 13.6. The molecule has 188 valence electrons. The number of nitrogens with zero attached hydrogens (tertiary/aromatic N) is 2. The van der Waals surface area contributed by atoms with Crippen LogP contribution in [0.2, 0.25) is 5.02 Å². The summed E-state index contributed by atoms with van der Waals surface area (Å²) in [4.78, 5) is 52.0. The van der Waals surface area contributed by atoms with Crippen molar-refractivity contribution in [2.75, 3.05) is 5.32 Å². The third-order valence-corrected chi connectivity index (χ3v) is 6.81. The van der Waals surface area contributed by atoms with E-state index >= 15 is 0 Å². The van der Waals surface area contributed by atoms with Crippen molar-refractivity contribution >= 4 is 40.0 Å². The van der Waals surface area contributed by atoms with Crippen LogP contribution in [0, 0.1) is 6.92 Å². The Bertz CT molecular complexity index is 1640. The zero-order valence-electron chi connectivity index (χ0n) is 20.2. The largest absolute Gasteiger partial charge is 0.353 e. The van der Waals surface area contributed by atoms with E-state index in [1.165, 1.54) is 4.57 Å². The van der Waals surface area contributed by atoms with Crippen molar-refractivity contribution < 1.29 is 9.59 Å². The molecule has 37 heavy (non-hydrogen) atoms. The summed E-state index contributed by atoms with van der Waals surface area (Å²) in [6.45, 7) is 1.49. The Morgan fingerprint density at radius 3 is 2.41 bits per heavy atom. The van der Waals surface area contributed by atoms with Gasteiger partial charge < -0.3 is 10.6 Å². The molecule has 0 unspecified atom stereocenters. The van der Waals surface area contributed by atoms with Crippen molar-refractivity contribution in [2.45, 2.75) is 38.8 Å². The fourth-order valence-corrected chi connectivity index (χ4v) is 4.41. The predicted octanol–water partition coefficient (Wildman–Crippen LogP) is 3.57. The molecule has 1 heterocycles. The summed E-state index contributed by atoms with van der Waals surface area (Å²) in [5.74, 6) is -0.485. The Labute approximate surface area is 217 Å². The molecule has 1 aliphatic rings. The quantitative estimate of drug-likeness (QED) is 0.392. The normalized spacial score (nSPS) is 12.9. The molecule has 0 bridgehead atoms. The van der Waals surface area contributed by atoms with Gasteiger partial charge in [0, 0.05) is 16.8 Å². The van der Waals surface area contributed by atoms with Gasteiger partial charge in [0.1, 0.15) is 6.54 Å². The minimum atomic E-state index is -0.638. The molecular weight excluding hydrogens is 492 g/mol. The molecule has 1 aromatic heterocycles. The van der Waals surface area contributed by atoms with E-state index < -0.39 is 17.2 Å². The number of anilines is 1. The SMILES string of the molecule is Cc1c(Cl)cccc1NC(=O)Cn1c(=O)n(-c2ccc(CC(=O)NC3CC3)cc2)c(=O)c2ccccc21. The van der Waals surface area contributed by atoms with Gasteiger partial charge in [0.25, 0.3) is 5.56 Å². The van der Waals surface area contributed by atoms with E-state index in [1.54, 1.807) is 73.7 Å². The van der Waals surface area contributed by atoms with Gasteiger partial charge in [-0.3, -0.25) is 19.0 Å². The van der Waals surface area contributed by atoms with Gasteiger partial charge in [-0.15, -0.1) is 0 Å². The smallest absolute Gasteiger partial charge is 0.336 e. The van der Waals surface area contributed by atoms with Gasteiger partial charge in [-0.2, -0.15) is 0 Å². The number of fused-ring (bicyclic) bond motifs is 1. The molecule has 0 atom stereocenters. The van der Waals surface area contributed by atoms with Crippen LogP contribution in [0.25, 0.3) is 16.6 Å². The highest BCUT2D eigenvalue weighted by molar-refractivity contribution is 6.31. The van der Waals surface area contributed by atoms with Crippen LogP contribution < -0.4 is 21.9 Å². The number of rotatable bonds is 7. The molecule has 0 radical (unpaired) electrons. The third kappa shape index (κ3) is 5.20. The Morgan fingerprint density at radius 1 is 0.946 bits per heavy atom. The number of carbonyl (C=O) groups is 2. The summed E-state index contributed by atoms with van der Waals surface area (Å²) in [6.07, 6.45) is 2.24. The van der Waals surface area contributed by atoms with Crippen LogP contribution in [0.1, 0.15) is 24.0 Å². The van der Waals surface area contributed by atoms with E-state index in [1.807, 2.05) is 0 Å². The average Bonchev–Trinajstić information content (AvgIpc) is 3.69. The number of hydrogen-bond donors (Lipinski definition) is 2. The van der Waals surface area contributed by atoms with E-state index in [2.05, 4.69) is 10.6 Å². The second-order valence-electron chi connectivity index (χ2n) is 9.17. The first kappa shape index (κ1) is 24.5. The molecule has 9 heteroatoms. The lowest BCUT2D eigenvalue weighted by atomic mass is 10.1. The first-order valence-electron chi connectivity index (χ1n) is 12.0. The fourth-order valence-electron chi connectivity index (χ4n) is 4.23. The number of halogens is 1. The number of benzene rings is 3. The number of para-hydroxylation sites is 1. The average molecular weight is 517 g/mol. The highest BCUT2D eigenvalue weighted by Gasteiger charge is 2.23. The molecule has 4 aromatic rings. The summed E-state index contributed by atoms with van der Waals surface area (Å²) < 4.78 is 2.33. The molecular formula is C28H25ClN4O4. The number of hydrogen-bond acceptors (Lipinski definition) is 4. The summed E-state index contributed by atoms with van der Waals surface area (Å²) >= 11 is 6.16. The van der Waals surface area contributed by atoms with Crippen LogP contribution in [-0.4, -0.2) is 27.0 Å². The number of aromatic nitrogens is 2. The first-order chi connectivity index (χ1) is 17.8. The standard InChI is InChI=1S/C28H25ClN4O4/c1-17-22(29)6-4-7-23(17)31-26(35)16-32-24-8-3-2-5-21(24)27(36)33(28(32)37)20-13-9-18(10-14-20)15-25(34)30-19-11-12-19/h2-10,13-14,19H,11-12,15-16H2,1H3,(H,30,34)(H,31,35). The monoisotopic (exact) mass is 516 g/mol. The lowest BCUT2D eigenvalue weighted by Gasteiger charge is -2.15. The Morgan fingerprint density at radius 2 is 1.68 bits per heavy atom. The highest BCUT2D eigenvalue weighted by Crippen LogP contribution is 2.23. The van der Waals surface area contributed by atoms with Gasteiger partial charge in [0.05, 0.1) is 23.0 Å². The lowest BCUT2D eigenvalue weighted by molar-refractivity contribution is -0.120.